The Labute approximate surface area is 118 Å². The van der Waals surface area contributed by atoms with E-state index in [4.69, 9.17) is 21.1 Å². The maximum Gasteiger partial charge on any atom is 0.307 e. The summed E-state index contributed by atoms with van der Waals surface area (Å²) in [7, 11) is 0. The molecule has 0 saturated heterocycles. The van der Waals surface area contributed by atoms with Crippen molar-refractivity contribution in [1.82, 2.24) is 0 Å². The van der Waals surface area contributed by atoms with Crippen LogP contribution in [0.4, 0.5) is 0 Å². The number of carboxylic acid groups (broad SMARTS) is 1. The highest BCUT2D eigenvalue weighted by Crippen LogP contribution is 2.24. The molecule has 0 saturated carbocycles. The van der Waals surface area contributed by atoms with E-state index < -0.39 is 5.97 Å². The summed E-state index contributed by atoms with van der Waals surface area (Å²) in [5, 5.41) is 10.1. The number of para-hydroxylation sites is 1. The van der Waals surface area contributed by atoms with Gasteiger partial charge in [0.2, 0.25) is 5.43 Å². The third-order valence-electron chi connectivity index (χ3n) is 3.08. The molecule has 3 aromatic rings. The lowest BCUT2D eigenvalue weighted by atomic mass is 10.1. The first-order chi connectivity index (χ1) is 9.56. The minimum absolute atomic E-state index is 0.195. The van der Waals surface area contributed by atoms with Crippen LogP contribution in [-0.2, 0) is 11.2 Å². The minimum atomic E-state index is -0.976. The van der Waals surface area contributed by atoms with Crippen LogP contribution < -0.4 is 5.43 Å². The molecule has 1 heterocycles. The Kier molecular flexibility index (Phi) is 2.95. The number of halogens is 1. The Morgan fingerprint density at radius 2 is 2.00 bits per heavy atom. The topological polar surface area (TPSA) is 67.5 Å². The largest absolute Gasteiger partial charge is 0.481 e. The molecule has 0 fully saturated rings. The lowest BCUT2D eigenvalue weighted by Crippen LogP contribution is -2.06. The van der Waals surface area contributed by atoms with Gasteiger partial charge in [0.25, 0.3) is 0 Å². The second-order valence-electron chi connectivity index (χ2n) is 4.44. The molecule has 0 aliphatic rings. The molecule has 20 heavy (non-hydrogen) atoms. The van der Waals surface area contributed by atoms with Gasteiger partial charge in [-0.25, -0.2) is 0 Å². The van der Waals surface area contributed by atoms with Gasteiger partial charge in [-0.1, -0.05) is 23.7 Å². The summed E-state index contributed by atoms with van der Waals surface area (Å²) in [5.74, 6) is -0.976. The Morgan fingerprint density at radius 3 is 2.75 bits per heavy atom. The van der Waals surface area contributed by atoms with Crippen molar-refractivity contribution in [3.05, 3.63) is 57.2 Å². The second-order valence-corrected chi connectivity index (χ2v) is 4.87. The van der Waals surface area contributed by atoms with Crippen molar-refractivity contribution in [3.8, 4) is 0 Å². The van der Waals surface area contributed by atoms with Crippen molar-refractivity contribution >= 4 is 39.5 Å². The summed E-state index contributed by atoms with van der Waals surface area (Å²) >= 11 is 5.88. The van der Waals surface area contributed by atoms with E-state index >= 15 is 0 Å². The second kappa shape index (κ2) is 4.65. The number of hydrogen-bond donors (Lipinski definition) is 1. The van der Waals surface area contributed by atoms with E-state index in [0.29, 0.717) is 32.5 Å². The smallest absolute Gasteiger partial charge is 0.307 e. The number of aliphatic carboxylic acids is 1. The summed E-state index contributed by atoms with van der Waals surface area (Å²) < 4.78 is 5.69. The van der Waals surface area contributed by atoms with Gasteiger partial charge < -0.3 is 9.52 Å². The van der Waals surface area contributed by atoms with Crippen molar-refractivity contribution in [3.63, 3.8) is 0 Å². The zero-order valence-corrected chi connectivity index (χ0v) is 11.0. The van der Waals surface area contributed by atoms with Crippen LogP contribution >= 0.6 is 11.6 Å². The van der Waals surface area contributed by atoms with Gasteiger partial charge in [-0.05, 0) is 24.3 Å². The fourth-order valence-corrected chi connectivity index (χ4v) is 2.38. The Morgan fingerprint density at radius 1 is 1.20 bits per heavy atom. The van der Waals surface area contributed by atoms with E-state index in [1.54, 1.807) is 36.4 Å². The van der Waals surface area contributed by atoms with Gasteiger partial charge in [0.1, 0.15) is 11.2 Å². The molecule has 5 heteroatoms. The van der Waals surface area contributed by atoms with Crippen LogP contribution in [-0.4, -0.2) is 11.1 Å². The fraction of sp³-hybridized carbons (Fsp3) is 0.0667. The van der Waals surface area contributed by atoms with Gasteiger partial charge in [0, 0.05) is 10.6 Å². The third-order valence-corrected chi connectivity index (χ3v) is 3.32. The summed E-state index contributed by atoms with van der Waals surface area (Å²) in [6, 6.07) is 9.68. The maximum absolute atomic E-state index is 12.4. The van der Waals surface area contributed by atoms with Crippen LogP contribution in [0.2, 0.25) is 5.02 Å². The molecular formula is C15H9ClO4. The van der Waals surface area contributed by atoms with E-state index in [-0.39, 0.29) is 11.8 Å². The lowest BCUT2D eigenvalue weighted by molar-refractivity contribution is -0.136. The first-order valence-corrected chi connectivity index (χ1v) is 6.30. The fourth-order valence-electron chi connectivity index (χ4n) is 2.21. The molecule has 100 valence electrons. The number of carboxylic acids is 1. The maximum atomic E-state index is 12.4. The normalized spacial score (nSPS) is 11.1. The number of benzene rings is 2. The molecule has 2 aromatic carbocycles. The molecule has 0 bridgehead atoms. The Bertz CT molecular complexity index is 895. The van der Waals surface area contributed by atoms with Gasteiger partial charge in [-0.2, -0.15) is 0 Å². The summed E-state index contributed by atoms with van der Waals surface area (Å²) in [6.07, 6.45) is -0.195. The van der Waals surface area contributed by atoms with E-state index in [1.165, 1.54) is 0 Å². The molecule has 4 nitrogen and oxygen atoms in total. The molecule has 0 radical (unpaired) electrons. The highest BCUT2D eigenvalue weighted by molar-refractivity contribution is 6.31. The molecule has 0 aliphatic heterocycles. The van der Waals surface area contributed by atoms with E-state index in [1.807, 2.05) is 0 Å². The van der Waals surface area contributed by atoms with Crippen LogP contribution in [0.5, 0.6) is 0 Å². The van der Waals surface area contributed by atoms with E-state index in [9.17, 15) is 9.59 Å². The van der Waals surface area contributed by atoms with Crippen molar-refractivity contribution < 1.29 is 14.3 Å². The van der Waals surface area contributed by atoms with Crippen molar-refractivity contribution in [2.24, 2.45) is 0 Å². The predicted octanol–water partition coefficient (Wildman–Crippen LogP) is 3.23. The third kappa shape index (κ3) is 2.04. The molecule has 1 N–H and O–H groups in total. The predicted molar refractivity (Wildman–Crippen MR) is 76.3 cm³/mol. The monoisotopic (exact) mass is 288 g/mol. The molecule has 0 unspecified atom stereocenters. The average Bonchev–Trinajstić information content (AvgIpc) is 2.40. The molecule has 0 amide bonds. The summed E-state index contributed by atoms with van der Waals surface area (Å²) in [5.41, 5.74) is 0.972. The van der Waals surface area contributed by atoms with Crippen LogP contribution in [0, 0.1) is 0 Å². The first-order valence-electron chi connectivity index (χ1n) is 5.92. The van der Waals surface area contributed by atoms with Crippen LogP contribution in [0.3, 0.4) is 0 Å². The molecule has 3 rings (SSSR count). The minimum Gasteiger partial charge on any atom is -0.481 e. The first kappa shape index (κ1) is 12.7. The standard InChI is InChI=1S/C15H9ClO4/c16-9-4-5-12-11(7-9)14(19)10-3-1-2-8(6-13(17)18)15(10)20-12/h1-5,7H,6H2,(H,17,18). The molecule has 0 atom stereocenters. The number of rotatable bonds is 2. The van der Waals surface area contributed by atoms with Gasteiger partial charge >= 0.3 is 5.97 Å². The van der Waals surface area contributed by atoms with Gasteiger partial charge in [0.15, 0.2) is 0 Å². The highest BCUT2D eigenvalue weighted by Gasteiger charge is 2.13. The number of carbonyl (C=O) groups is 1. The van der Waals surface area contributed by atoms with Crippen molar-refractivity contribution in [1.29, 1.82) is 0 Å². The summed E-state index contributed by atoms with van der Waals surface area (Å²) in [6.45, 7) is 0. The highest BCUT2D eigenvalue weighted by atomic mass is 35.5. The van der Waals surface area contributed by atoms with E-state index in [2.05, 4.69) is 0 Å². The SMILES string of the molecule is O=C(O)Cc1cccc2c(=O)c3cc(Cl)ccc3oc12. The zero-order chi connectivity index (χ0) is 14.3. The quantitative estimate of drug-likeness (QED) is 0.735. The van der Waals surface area contributed by atoms with Gasteiger partial charge in [0.05, 0.1) is 17.2 Å². The van der Waals surface area contributed by atoms with Crippen molar-refractivity contribution in [2.75, 3.05) is 0 Å². The number of fused-ring (bicyclic) bond motifs is 2. The Hall–Kier alpha value is -2.33. The average molecular weight is 289 g/mol. The van der Waals surface area contributed by atoms with Crippen molar-refractivity contribution in [2.45, 2.75) is 6.42 Å². The molecule has 1 aromatic heterocycles. The van der Waals surface area contributed by atoms with Crippen LogP contribution in [0.1, 0.15) is 5.56 Å². The van der Waals surface area contributed by atoms with Gasteiger partial charge in [-0.3, -0.25) is 9.59 Å². The molecule has 0 spiro atoms. The Balaban J connectivity index is 2.43. The molecular weight excluding hydrogens is 280 g/mol. The van der Waals surface area contributed by atoms with Crippen LogP contribution in [0.25, 0.3) is 21.9 Å². The van der Waals surface area contributed by atoms with Crippen LogP contribution in [0.15, 0.2) is 45.6 Å². The lowest BCUT2D eigenvalue weighted by Gasteiger charge is -2.05. The summed E-state index contributed by atoms with van der Waals surface area (Å²) in [4.78, 5) is 23.3. The molecule has 0 aliphatic carbocycles. The zero-order valence-electron chi connectivity index (χ0n) is 10.2. The van der Waals surface area contributed by atoms with Gasteiger partial charge in [-0.15, -0.1) is 0 Å². The number of hydrogen-bond acceptors (Lipinski definition) is 3. The van der Waals surface area contributed by atoms with E-state index in [0.717, 1.165) is 0 Å².